The van der Waals surface area contributed by atoms with Crippen molar-refractivity contribution in [3.05, 3.63) is 119 Å². The summed E-state index contributed by atoms with van der Waals surface area (Å²) in [6.07, 6.45) is 9.94. The lowest BCUT2D eigenvalue weighted by molar-refractivity contribution is 0.196. The van der Waals surface area contributed by atoms with E-state index in [9.17, 15) is 0 Å². The molecule has 2 fully saturated rings. The topological polar surface area (TPSA) is 24.1 Å². The van der Waals surface area contributed by atoms with Crippen LogP contribution in [0.2, 0.25) is 0 Å². The Morgan fingerprint density at radius 2 is 0.875 bits per heavy atom. The van der Waals surface area contributed by atoms with Crippen LogP contribution in [0.25, 0.3) is 11.1 Å². The van der Waals surface area contributed by atoms with E-state index in [0.29, 0.717) is 0 Å². The first-order valence-electron chi connectivity index (χ1n) is 15.5. The van der Waals surface area contributed by atoms with Gasteiger partial charge in [-0.1, -0.05) is 112 Å². The van der Waals surface area contributed by atoms with Crippen LogP contribution >= 0.6 is 0 Å². The Morgan fingerprint density at radius 3 is 1.30 bits per heavy atom. The van der Waals surface area contributed by atoms with Crippen molar-refractivity contribution in [1.82, 2.24) is 0 Å². The third kappa shape index (κ3) is 3.05. The van der Waals surface area contributed by atoms with Crippen LogP contribution in [-0.4, -0.2) is 0 Å². The number of nitrogens with one attached hydrogen (secondary N) is 2. The highest BCUT2D eigenvalue weighted by atomic mass is 15.1. The minimum atomic E-state index is -0.0276. The molecule has 2 N–H and O–H groups in total. The Hall–Kier alpha value is -3.52. The highest BCUT2D eigenvalue weighted by Crippen LogP contribution is 2.62. The third-order valence-electron chi connectivity index (χ3n) is 11.6. The highest BCUT2D eigenvalue weighted by Gasteiger charge is 2.58. The van der Waals surface area contributed by atoms with Gasteiger partial charge in [-0.25, -0.2) is 0 Å². The maximum absolute atomic E-state index is 4.08. The van der Waals surface area contributed by atoms with E-state index in [1.54, 1.807) is 0 Å². The normalized spacial score (nSPS) is 31.8. The number of hydrogen-bond acceptors (Lipinski definition) is 2. The number of hydrogen-bond donors (Lipinski definition) is 2. The molecule has 2 nitrogen and oxygen atoms in total. The average molecular weight is 525 g/mol. The van der Waals surface area contributed by atoms with Crippen LogP contribution in [-0.2, 0) is 21.9 Å². The van der Waals surface area contributed by atoms with Crippen LogP contribution in [0.5, 0.6) is 0 Å². The molecule has 2 heteroatoms. The predicted molar refractivity (Wildman–Crippen MR) is 167 cm³/mol. The molecule has 2 saturated carbocycles. The second-order valence-electron chi connectivity index (χ2n) is 13.4. The van der Waals surface area contributed by atoms with Crippen molar-refractivity contribution in [2.24, 2.45) is 0 Å². The van der Waals surface area contributed by atoms with Crippen molar-refractivity contribution in [3.8, 4) is 11.1 Å². The predicted octanol–water partition coefficient (Wildman–Crippen LogP) is 9.66. The van der Waals surface area contributed by atoms with Gasteiger partial charge in [-0.05, 0) is 83.3 Å². The Morgan fingerprint density at radius 1 is 0.475 bits per heavy atom. The van der Waals surface area contributed by atoms with E-state index in [2.05, 4.69) is 122 Å². The van der Waals surface area contributed by atoms with Gasteiger partial charge in [0.25, 0.3) is 0 Å². The molecule has 0 spiro atoms. The van der Waals surface area contributed by atoms with Crippen molar-refractivity contribution in [1.29, 1.82) is 0 Å². The monoisotopic (exact) mass is 524 g/mol. The molecule has 4 aliphatic rings. The van der Waals surface area contributed by atoms with Crippen LogP contribution in [0.4, 0.5) is 11.4 Å². The van der Waals surface area contributed by atoms with Gasteiger partial charge in [0.15, 0.2) is 0 Å². The molecule has 4 aromatic carbocycles. The zero-order valence-electron chi connectivity index (χ0n) is 23.9. The van der Waals surface area contributed by atoms with Crippen LogP contribution in [0.3, 0.4) is 0 Å². The molecular weight excluding hydrogens is 484 g/mol. The fourth-order valence-electron chi connectivity index (χ4n) is 9.40. The van der Waals surface area contributed by atoms with E-state index >= 15 is 0 Å². The van der Waals surface area contributed by atoms with Gasteiger partial charge < -0.3 is 10.6 Å². The van der Waals surface area contributed by atoms with Crippen LogP contribution in [0.1, 0.15) is 87.5 Å². The molecule has 4 aromatic rings. The minimum Gasteiger partial charge on any atom is -0.374 e. The first-order valence-corrected chi connectivity index (χ1v) is 15.5. The van der Waals surface area contributed by atoms with Crippen molar-refractivity contribution in [2.75, 3.05) is 10.6 Å². The molecule has 0 bridgehead atoms. The molecule has 0 saturated heterocycles. The van der Waals surface area contributed by atoms with Crippen molar-refractivity contribution >= 4 is 11.4 Å². The summed E-state index contributed by atoms with van der Waals surface area (Å²) in [6, 6.07) is 36.9. The van der Waals surface area contributed by atoms with Gasteiger partial charge in [0.05, 0.1) is 11.1 Å². The highest BCUT2D eigenvalue weighted by molar-refractivity contribution is 5.78. The molecule has 4 unspecified atom stereocenters. The van der Waals surface area contributed by atoms with Gasteiger partial charge in [0.2, 0.25) is 0 Å². The van der Waals surface area contributed by atoms with Gasteiger partial charge >= 0.3 is 0 Å². The quantitative estimate of drug-likeness (QED) is 0.279. The fourth-order valence-corrected chi connectivity index (χ4v) is 9.40. The van der Waals surface area contributed by atoms with Gasteiger partial charge in [0, 0.05) is 22.2 Å². The second-order valence-corrected chi connectivity index (χ2v) is 13.4. The number of rotatable bonds is 3. The Kier molecular flexibility index (Phi) is 5.16. The standard InChI is InChI=1S/C38H40N2/c1-35-21-9-11-23-37(35,29-13-5-3-6-14-29)39-33-19-17-27(25-31(33)35)28-18-20-34-32(26-28)36(2)22-10-12-24-38(36,40-34)30-15-7-4-8-16-30/h3-8,13-20,25-26,39-40H,9-12,21-24H2,1-2H3. The first-order chi connectivity index (χ1) is 19.5. The van der Waals surface area contributed by atoms with E-state index in [1.165, 1.54) is 96.1 Å². The minimum absolute atomic E-state index is 0.0276. The summed E-state index contributed by atoms with van der Waals surface area (Å²) in [5.74, 6) is 0. The SMILES string of the molecule is CC12CCCCC1(c1ccccc1)Nc1ccc(-c3ccc4c(c3)C3(C)CCCCC3(c3ccccc3)N4)cc12. The van der Waals surface area contributed by atoms with E-state index in [-0.39, 0.29) is 21.9 Å². The maximum Gasteiger partial charge on any atom is 0.0719 e. The Labute approximate surface area is 239 Å². The maximum atomic E-state index is 4.08. The largest absolute Gasteiger partial charge is 0.374 e. The van der Waals surface area contributed by atoms with Gasteiger partial charge in [-0.2, -0.15) is 0 Å². The molecule has 40 heavy (non-hydrogen) atoms. The molecule has 2 aliphatic carbocycles. The molecule has 2 aliphatic heterocycles. The van der Waals surface area contributed by atoms with Crippen LogP contribution < -0.4 is 10.6 Å². The molecule has 2 heterocycles. The number of benzene rings is 4. The van der Waals surface area contributed by atoms with E-state index in [0.717, 1.165) is 0 Å². The van der Waals surface area contributed by atoms with E-state index in [1.807, 2.05) is 0 Å². The summed E-state index contributed by atoms with van der Waals surface area (Å²) in [5, 5.41) is 8.17. The molecule has 202 valence electrons. The lowest BCUT2D eigenvalue weighted by Crippen LogP contribution is -2.50. The Bertz CT molecular complexity index is 1470. The molecule has 0 aromatic heterocycles. The lowest BCUT2D eigenvalue weighted by atomic mass is 9.58. The molecule has 4 atom stereocenters. The summed E-state index contributed by atoms with van der Waals surface area (Å²) in [4.78, 5) is 0. The zero-order chi connectivity index (χ0) is 27.0. The smallest absolute Gasteiger partial charge is 0.0719 e. The van der Waals surface area contributed by atoms with Crippen LogP contribution in [0.15, 0.2) is 97.1 Å². The lowest BCUT2D eigenvalue weighted by Gasteiger charge is -2.48. The Balaban J connectivity index is 1.22. The number of fused-ring (bicyclic) bond motifs is 6. The second kappa shape index (κ2) is 8.49. The molecular formula is C38H40N2. The van der Waals surface area contributed by atoms with Crippen LogP contribution in [0, 0.1) is 0 Å². The molecule has 8 rings (SSSR count). The van der Waals surface area contributed by atoms with Crippen molar-refractivity contribution in [3.63, 3.8) is 0 Å². The van der Waals surface area contributed by atoms with E-state index < -0.39 is 0 Å². The summed E-state index contributed by atoms with van der Waals surface area (Å²) < 4.78 is 0. The third-order valence-corrected chi connectivity index (χ3v) is 11.6. The van der Waals surface area contributed by atoms with Crippen molar-refractivity contribution < 1.29 is 0 Å². The first kappa shape index (κ1) is 24.3. The van der Waals surface area contributed by atoms with Crippen molar-refractivity contribution in [2.45, 2.75) is 87.1 Å². The van der Waals surface area contributed by atoms with Gasteiger partial charge in [-0.15, -0.1) is 0 Å². The molecule has 0 radical (unpaired) electrons. The summed E-state index contributed by atoms with van der Waals surface area (Å²) in [6.45, 7) is 5.04. The summed E-state index contributed by atoms with van der Waals surface area (Å²) in [5.41, 5.74) is 11.3. The number of anilines is 2. The fraction of sp³-hybridized carbons (Fsp3) is 0.368. The van der Waals surface area contributed by atoms with Gasteiger partial charge in [0.1, 0.15) is 0 Å². The van der Waals surface area contributed by atoms with Gasteiger partial charge in [-0.3, -0.25) is 0 Å². The average Bonchev–Trinajstić information content (AvgIpc) is 3.44. The summed E-state index contributed by atoms with van der Waals surface area (Å²) in [7, 11) is 0. The van der Waals surface area contributed by atoms with E-state index in [4.69, 9.17) is 0 Å². The summed E-state index contributed by atoms with van der Waals surface area (Å²) >= 11 is 0. The molecule has 0 amide bonds. The zero-order valence-corrected chi connectivity index (χ0v) is 23.9.